The molecule has 1 aromatic carbocycles. The van der Waals surface area contributed by atoms with Gasteiger partial charge >= 0.3 is 0 Å². The quantitative estimate of drug-likeness (QED) is 0.327. The number of carbonyl (C=O) groups excluding carboxylic acids is 1. The van der Waals surface area contributed by atoms with Gasteiger partial charge in [0.25, 0.3) is 0 Å². The summed E-state index contributed by atoms with van der Waals surface area (Å²) in [5.41, 5.74) is -0.341. The van der Waals surface area contributed by atoms with Crippen LogP contribution in [0.1, 0.15) is 0 Å². The van der Waals surface area contributed by atoms with E-state index in [0.29, 0.717) is 6.07 Å². The van der Waals surface area contributed by atoms with E-state index in [1.54, 1.807) is 0 Å². The minimum absolute atomic E-state index is 0.341. The normalized spacial score (nSPS) is 9.54. The zero-order valence-corrected chi connectivity index (χ0v) is 7.53. The number of aliphatic imine (C=N–C) groups is 1. The number of nitrogens with zero attached hydrogens (tertiary/aromatic N) is 1. The standard InChI is InChI=1S/C7HBrF3NO/c8-5-4(12-2-13)1-3(9)6(10)7(5)11/h1H. The molecule has 0 aliphatic rings. The zero-order valence-electron chi connectivity index (χ0n) is 5.94. The molecule has 0 spiro atoms. The number of isocyanates is 1. The van der Waals surface area contributed by atoms with Gasteiger partial charge in [-0.2, -0.15) is 4.99 Å². The van der Waals surface area contributed by atoms with E-state index in [1.165, 1.54) is 0 Å². The summed E-state index contributed by atoms with van der Waals surface area (Å²) in [6.07, 6.45) is 1.09. The van der Waals surface area contributed by atoms with Gasteiger partial charge in [-0.3, -0.25) is 0 Å². The maximum absolute atomic E-state index is 12.7. The molecular formula is C7HBrF3NO. The highest BCUT2D eigenvalue weighted by molar-refractivity contribution is 9.10. The molecular weight excluding hydrogens is 251 g/mol. The van der Waals surface area contributed by atoms with Crippen LogP contribution in [0.25, 0.3) is 0 Å². The van der Waals surface area contributed by atoms with Crippen molar-refractivity contribution in [1.29, 1.82) is 0 Å². The fourth-order valence-electron chi connectivity index (χ4n) is 0.691. The number of hydrogen-bond donors (Lipinski definition) is 0. The first kappa shape index (κ1) is 9.95. The summed E-state index contributed by atoms with van der Waals surface area (Å²) in [5, 5.41) is 0. The van der Waals surface area contributed by atoms with Crippen LogP contribution in [0.15, 0.2) is 15.5 Å². The van der Waals surface area contributed by atoms with Crippen molar-refractivity contribution >= 4 is 27.7 Å². The smallest absolute Gasteiger partial charge is 0.211 e. The maximum atomic E-state index is 12.7. The Labute approximate surface area is 79.2 Å². The molecule has 13 heavy (non-hydrogen) atoms. The third-order valence-electron chi connectivity index (χ3n) is 1.25. The Kier molecular flexibility index (Phi) is 2.85. The summed E-state index contributed by atoms with van der Waals surface area (Å²) in [4.78, 5) is 12.8. The van der Waals surface area contributed by atoms with Crippen molar-refractivity contribution in [2.75, 3.05) is 0 Å². The van der Waals surface area contributed by atoms with Crippen molar-refractivity contribution in [1.82, 2.24) is 0 Å². The van der Waals surface area contributed by atoms with E-state index in [9.17, 15) is 18.0 Å². The Morgan fingerprint density at radius 2 is 1.92 bits per heavy atom. The number of halogens is 4. The van der Waals surface area contributed by atoms with Gasteiger partial charge in [0.1, 0.15) is 0 Å². The number of benzene rings is 1. The van der Waals surface area contributed by atoms with Crippen molar-refractivity contribution in [3.8, 4) is 0 Å². The Balaban J connectivity index is 3.49. The SMILES string of the molecule is O=C=Nc1cc(F)c(F)c(F)c1Br. The molecule has 0 unspecified atom stereocenters. The summed E-state index contributed by atoms with van der Waals surface area (Å²) < 4.78 is 37.3. The molecule has 0 amide bonds. The van der Waals surface area contributed by atoms with Crippen LogP contribution in [-0.4, -0.2) is 6.08 Å². The van der Waals surface area contributed by atoms with E-state index in [2.05, 4.69) is 20.9 Å². The van der Waals surface area contributed by atoms with Crippen molar-refractivity contribution < 1.29 is 18.0 Å². The third kappa shape index (κ3) is 1.79. The summed E-state index contributed by atoms with van der Waals surface area (Å²) in [7, 11) is 0. The second kappa shape index (κ2) is 3.72. The molecule has 0 bridgehead atoms. The van der Waals surface area contributed by atoms with Gasteiger partial charge in [-0.05, 0) is 15.9 Å². The highest BCUT2D eigenvalue weighted by atomic mass is 79.9. The summed E-state index contributed by atoms with van der Waals surface area (Å²) in [6, 6.07) is 0.591. The second-order valence-corrected chi connectivity index (χ2v) is 2.82. The molecule has 0 N–H and O–H groups in total. The van der Waals surface area contributed by atoms with E-state index in [0.717, 1.165) is 6.08 Å². The van der Waals surface area contributed by atoms with E-state index in [1.807, 2.05) is 0 Å². The largest absolute Gasteiger partial charge is 0.240 e. The molecule has 0 atom stereocenters. The van der Waals surface area contributed by atoms with Gasteiger partial charge in [0.15, 0.2) is 17.5 Å². The molecule has 0 aromatic heterocycles. The highest BCUT2D eigenvalue weighted by Gasteiger charge is 2.16. The molecule has 0 heterocycles. The van der Waals surface area contributed by atoms with Gasteiger partial charge in [0.2, 0.25) is 6.08 Å². The molecule has 0 aliphatic heterocycles. The lowest BCUT2D eigenvalue weighted by Crippen LogP contribution is -1.91. The van der Waals surface area contributed by atoms with E-state index in [-0.39, 0.29) is 5.69 Å². The molecule has 68 valence electrons. The Hall–Kier alpha value is -1.13. The fourth-order valence-corrected chi connectivity index (χ4v) is 1.07. The first-order valence-electron chi connectivity index (χ1n) is 2.98. The number of rotatable bonds is 1. The summed E-state index contributed by atoms with van der Waals surface area (Å²) in [6.45, 7) is 0. The minimum Gasteiger partial charge on any atom is -0.211 e. The molecule has 0 radical (unpaired) electrons. The minimum atomic E-state index is -1.61. The van der Waals surface area contributed by atoms with Crippen LogP contribution < -0.4 is 0 Å². The molecule has 1 aromatic rings. The van der Waals surface area contributed by atoms with E-state index < -0.39 is 21.9 Å². The summed E-state index contributed by atoms with van der Waals surface area (Å²) >= 11 is 2.61. The first-order valence-corrected chi connectivity index (χ1v) is 3.78. The predicted molar refractivity (Wildman–Crippen MR) is 41.8 cm³/mol. The van der Waals surface area contributed by atoms with Crippen LogP contribution in [0.5, 0.6) is 0 Å². The van der Waals surface area contributed by atoms with Crippen molar-refractivity contribution in [2.45, 2.75) is 0 Å². The lowest BCUT2D eigenvalue weighted by Gasteiger charge is -2.00. The van der Waals surface area contributed by atoms with Crippen LogP contribution in [-0.2, 0) is 4.79 Å². The number of hydrogen-bond acceptors (Lipinski definition) is 2. The second-order valence-electron chi connectivity index (χ2n) is 2.02. The average Bonchev–Trinajstić information content (AvgIpc) is 2.11. The van der Waals surface area contributed by atoms with Crippen LogP contribution in [0, 0.1) is 17.5 Å². The van der Waals surface area contributed by atoms with Gasteiger partial charge in [0, 0.05) is 6.07 Å². The van der Waals surface area contributed by atoms with Gasteiger partial charge in [-0.1, -0.05) is 0 Å². The van der Waals surface area contributed by atoms with Gasteiger partial charge < -0.3 is 0 Å². The molecule has 0 saturated heterocycles. The zero-order chi connectivity index (χ0) is 10.0. The predicted octanol–water partition coefficient (Wildman–Crippen LogP) is 2.83. The molecule has 0 saturated carbocycles. The van der Waals surface area contributed by atoms with E-state index >= 15 is 0 Å². The van der Waals surface area contributed by atoms with Crippen molar-refractivity contribution in [2.24, 2.45) is 4.99 Å². The van der Waals surface area contributed by atoms with E-state index in [4.69, 9.17) is 0 Å². The van der Waals surface area contributed by atoms with Crippen LogP contribution in [0.3, 0.4) is 0 Å². The third-order valence-corrected chi connectivity index (χ3v) is 2.00. The molecule has 6 heteroatoms. The topological polar surface area (TPSA) is 29.4 Å². The average molecular weight is 252 g/mol. The maximum Gasteiger partial charge on any atom is 0.240 e. The van der Waals surface area contributed by atoms with Gasteiger partial charge in [-0.25, -0.2) is 18.0 Å². The summed E-state index contributed by atoms with van der Waals surface area (Å²) in [5.74, 6) is -4.44. The molecule has 0 aliphatic carbocycles. The Bertz CT molecular complexity index is 401. The van der Waals surface area contributed by atoms with Gasteiger partial charge in [-0.15, -0.1) is 0 Å². The molecule has 0 fully saturated rings. The molecule has 1 rings (SSSR count). The van der Waals surface area contributed by atoms with Crippen LogP contribution in [0.2, 0.25) is 0 Å². The van der Waals surface area contributed by atoms with Crippen molar-refractivity contribution in [3.63, 3.8) is 0 Å². The Morgan fingerprint density at radius 1 is 1.31 bits per heavy atom. The van der Waals surface area contributed by atoms with Crippen molar-refractivity contribution in [3.05, 3.63) is 28.0 Å². The fraction of sp³-hybridized carbons (Fsp3) is 0. The Morgan fingerprint density at radius 3 is 2.46 bits per heavy atom. The first-order chi connectivity index (χ1) is 6.07. The van der Waals surface area contributed by atoms with Gasteiger partial charge in [0.05, 0.1) is 10.2 Å². The van der Waals surface area contributed by atoms with Crippen LogP contribution in [0.4, 0.5) is 18.9 Å². The molecule has 2 nitrogen and oxygen atoms in total. The van der Waals surface area contributed by atoms with Crippen LogP contribution >= 0.6 is 15.9 Å². The lowest BCUT2D eigenvalue weighted by molar-refractivity contribution is 0.444. The highest BCUT2D eigenvalue weighted by Crippen LogP contribution is 2.30. The lowest BCUT2D eigenvalue weighted by atomic mass is 10.3. The monoisotopic (exact) mass is 251 g/mol.